The lowest BCUT2D eigenvalue weighted by atomic mass is 10.1. The van der Waals surface area contributed by atoms with Crippen molar-refractivity contribution >= 4 is 29.1 Å². The fourth-order valence-corrected chi connectivity index (χ4v) is 3.95. The van der Waals surface area contributed by atoms with E-state index in [-0.39, 0.29) is 6.09 Å². The van der Waals surface area contributed by atoms with Crippen LogP contribution in [0.2, 0.25) is 0 Å². The molecule has 0 bridgehead atoms. The van der Waals surface area contributed by atoms with Crippen molar-refractivity contribution in [2.24, 2.45) is 7.05 Å². The van der Waals surface area contributed by atoms with Gasteiger partial charge in [-0.1, -0.05) is 6.08 Å². The zero-order valence-corrected chi connectivity index (χ0v) is 18.7. The summed E-state index contributed by atoms with van der Waals surface area (Å²) in [4.78, 5) is 23.7. The van der Waals surface area contributed by atoms with E-state index in [0.717, 1.165) is 39.6 Å². The first-order chi connectivity index (χ1) is 14.2. The van der Waals surface area contributed by atoms with Crippen LogP contribution in [0, 0.1) is 0 Å². The Hall–Kier alpha value is -2.81. The number of carbonyl (C=O) groups excluding carboxylic acids is 1. The highest BCUT2D eigenvalue weighted by atomic mass is 32.2. The van der Waals surface area contributed by atoms with E-state index < -0.39 is 5.60 Å². The van der Waals surface area contributed by atoms with E-state index in [1.165, 1.54) is 0 Å². The van der Waals surface area contributed by atoms with Gasteiger partial charge in [0, 0.05) is 31.5 Å². The lowest BCUT2D eigenvalue weighted by Gasteiger charge is -2.30. The van der Waals surface area contributed by atoms with Crippen LogP contribution in [0.15, 0.2) is 35.9 Å². The first-order valence-corrected chi connectivity index (χ1v) is 11.1. The molecule has 0 atom stereocenters. The fourth-order valence-electron chi connectivity index (χ4n) is 3.43. The second kappa shape index (κ2) is 7.79. The largest absolute Gasteiger partial charge is 0.444 e. The minimum absolute atomic E-state index is 0.294. The third-order valence-electron chi connectivity index (χ3n) is 4.79. The number of imidazole rings is 1. The summed E-state index contributed by atoms with van der Waals surface area (Å²) in [6, 6.07) is 0. The minimum Gasteiger partial charge on any atom is -0.444 e. The van der Waals surface area contributed by atoms with Gasteiger partial charge in [0.2, 0.25) is 0 Å². The summed E-state index contributed by atoms with van der Waals surface area (Å²) in [5.41, 5.74) is 4.08. The molecule has 0 saturated heterocycles. The first kappa shape index (κ1) is 20.5. The maximum atomic E-state index is 12.6. The van der Waals surface area contributed by atoms with E-state index in [2.05, 4.69) is 20.6 Å². The topological polar surface area (TPSA) is 77.5 Å². The van der Waals surface area contributed by atoms with E-state index in [9.17, 15) is 4.79 Å². The third kappa shape index (κ3) is 4.07. The molecule has 4 rings (SSSR count). The molecule has 1 aliphatic rings. The van der Waals surface area contributed by atoms with Crippen molar-refractivity contribution in [1.29, 1.82) is 0 Å². The van der Waals surface area contributed by atoms with Crippen LogP contribution in [0.3, 0.4) is 0 Å². The summed E-state index contributed by atoms with van der Waals surface area (Å²) in [6.07, 6.45) is 12.3. The molecule has 0 aliphatic carbocycles. The maximum Gasteiger partial charge on any atom is 0.410 e. The number of rotatable bonds is 3. The molecule has 0 saturated carbocycles. The SMILES string of the molecule is CSc1nc(C2=CCCN(C(=O)OC(C)(C)C)C2)cn2c(-c3cnn(C)c3)cnc12. The van der Waals surface area contributed by atoms with Gasteiger partial charge in [0.05, 0.1) is 30.3 Å². The van der Waals surface area contributed by atoms with Crippen molar-refractivity contribution in [3.05, 3.63) is 36.6 Å². The summed E-state index contributed by atoms with van der Waals surface area (Å²) >= 11 is 1.56. The Morgan fingerprint density at radius 1 is 1.23 bits per heavy atom. The average molecular weight is 427 g/mol. The van der Waals surface area contributed by atoms with Gasteiger partial charge in [0.25, 0.3) is 0 Å². The predicted octanol–water partition coefficient (Wildman–Crippen LogP) is 3.88. The van der Waals surface area contributed by atoms with Crippen molar-refractivity contribution in [2.45, 2.75) is 37.8 Å². The van der Waals surface area contributed by atoms with Gasteiger partial charge in [-0.05, 0) is 39.0 Å². The zero-order valence-electron chi connectivity index (χ0n) is 17.9. The number of thioether (sulfide) groups is 1. The molecule has 1 aliphatic heterocycles. The third-order valence-corrected chi connectivity index (χ3v) is 5.45. The van der Waals surface area contributed by atoms with Gasteiger partial charge in [-0.2, -0.15) is 5.10 Å². The van der Waals surface area contributed by atoms with Crippen molar-refractivity contribution in [3.8, 4) is 11.3 Å². The van der Waals surface area contributed by atoms with Crippen LogP contribution in [-0.4, -0.2) is 60.1 Å². The van der Waals surface area contributed by atoms with Gasteiger partial charge in [-0.25, -0.2) is 14.8 Å². The molecule has 1 amide bonds. The smallest absolute Gasteiger partial charge is 0.410 e. The molecule has 9 heteroatoms. The number of hydrogen-bond donors (Lipinski definition) is 0. The number of ether oxygens (including phenoxy) is 1. The van der Waals surface area contributed by atoms with Crippen LogP contribution in [0.25, 0.3) is 22.5 Å². The van der Waals surface area contributed by atoms with Crippen molar-refractivity contribution in [1.82, 2.24) is 29.0 Å². The van der Waals surface area contributed by atoms with Crippen LogP contribution in [0.1, 0.15) is 32.9 Å². The molecule has 3 aromatic rings. The Morgan fingerprint density at radius 2 is 2.03 bits per heavy atom. The lowest BCUT2D eigenvalue weighted by Crippen LogP contribution is -2.39. The van der Waals surface area contributed by atoms with Crippen molar-refractivity contribution in [3.63, 3.8) is 0 Å². The molecule has 4 heterocycles. The van der Waals surface area contributed by atoms with Gasteiger partial charge in [-0.3, -0.25) is 9.08 Å². The van der Waals surface area contributed by atoms with E-state index in [4.69, 9.17) is 9.72 Å². The van der Waals surface area contributed by atoms with Gasteiger partial charge in [0.15, 0.2) is 5.65 Å². The number of aromatic nitrogens is 5. The van der Waals surface area contributed by atoms with Crippen LogP contribution >= 0.6 is 11.8 Å². The van der Waals surface area contributed by atoms with Gasteiger partial charge >= 0.3 is 6.09 Å². The Morgan fingerprint density at radius 3 is 2.70 bits per heavy atom. The molecule has 158 valence electrons. The number of fused-ring (bicyclic) bond motifs is 1. The Bertz CT molecular complexity index is 1120. The van der Waals surface area contributed by atoms with Crippen LogP contribution in [0.4, 0.5) is 4.79 Å². The number of aryl methyl sites for hydroxylation is 1. The summed E-state index contributed by atoms with van der Waals surface area (Å²) in [6.45, 7) is 6.75. The van der Waals surface area contributed by atoms with E-state index >= 15 is 0 Å². The number of nitrogens with zero attached hydrogens (tertiary/aromatic N) is 6. The minimum atomic E-state index is -0.517. The summed E-state index contributed by atoms with van der Waals surface area (Å²) in [5.74, 6) is 0. The predicted molar refractivity (Wildman–Crippen MR) is 117 cm³/mol. The highest BCUT2D eigenvalue weighted by Gasteiger charge is 2.26. The Balaban J connectivity index is 1.70. The first-order valence-electron chi connectivity index (χ1n) is 9.83. The highest BCUT2D eigenvalue weighted by Crippen LogP contribution is 2.29. The maximum absolute atomic E-state index is 12.6. The zero-order chi connectivity index (χ0) is 21.5. The summed E-state index contributed by atoms with van der Waals surface area (Å²) in [7, 11) is 1.89. The molecule has 0 fully saturated rings. The molecule has 0 radical (unpaired) electrons. The highest BCUT2D eigenvalue weighted by molar-refractivity contribution is 7.98. The molecule has 0 N–H and O–H groups in total. The molecular weight excluding hydrogens is 400 g/mol. The van der Waals surface area contributed by atoms with Gasteiger partial charge < -0.3 is 9.64 Å². The van der Waals surface area contributed by atoms with E-state index in [1.807, 2.05) is 58.9 Å². The number of hydrogen-bond acceptors (Lipinski definition) is 6. The lowest BCUT2D eigenvalue weighted by molar-refractivity contribution is 0.0273. The van der Waals surface area contributed by atoms with Crippen LogP contribution < -0.4 is 0 Å². The molecular formula is C21H26N6O2S. The molecule has 0 unspecified atom stereocenters. The standard InChI is InChI=1S/C21H26N6O2S/c1-21(2,3)29-20(28)26-8-6-7-14(12-26)16-13-27-17(15-9-23-25(4)11-15)10-22-18(27)19(24-16)30-5/h7,9-11,13H,6,8,12H2,1-5H3. The van der Waals surface area contributed by atoms with Crippen molar-refractivity contribution in [2.75, 3.05) is 19.3 Å². The molecule has 0 aromatic carbocycles. The second-order valence-corrected chi connectivity index (χ2v) is 9.09. The van der Waals surface area contributed by atoms with Crippen LogP contribution in [-0.2, 0) is 11.8 Å². The van der Waals surface area contributed by atoms with E-state index in [0.29, 0.717) is 13.1 Å². The molecule has 3 aromatic heterocycles. The van der Waals surface area contributed by atoms with Gasteiger partial charge in [-0.15, -0.1) is 11.8 Å². The average Bonchev–Trinajstić information content (AvgIpc) is 3.31. The number of carbonyl (C=O) groups is 1. The fraction of sp³-hybridized carbons (Fsp3) is 0.429. The monoisotopic (exact) mass is 426 g/mol. The summed E-state index contributed by atoms with van der Waals surface area (Å²) < 4.78 is 9.38. The normalized spacial score (nSPS) is 14.8. The second-order valence-electron chi connectivity index (χ2n) is 8.30. The Kier molecular flexibility index (Phi) is 5.31. The number of amides is 1. The van der Waals surface area contributed by atoms with E-state index in [1.54, 1.807) is 21.3 Å². The molecule has 30 heavy (non-hydrogen) atoms. The van der Waals surface area contributed by atoms with Gasteiger partial charge in [0.1, 0.15) is 10.6 Å². The summed E-state index contributed by atoms with van der Waals surface area (Å²) in [5, 5.41) is 5.12. The quantitative estimate of drug-likeness (QED) is 0.592. The molecule has 8 nitrogen and oxygen atoms in total. The molecule has 0 spiro atoms. The van der Waals surface area contributed by atoms with Crippen molar-refractivity contribution < 1.29 is 9.53 Å². The van der Waals surface area contributed by atoms with Crippen LogP contribution in [0.5, 0.6) is 0 Å². The Labute approximate surface area is 179 Å².